The third kappa shape index (κ3) is 5.60. The van der Waals surface area contributed by atoms with E-state index in [1.165, 1.54) is 0 Å². The normalized spacial score (nSPS) is 13.5. The fraction of sp³-hybridized carbons (Fsp3) is 0.276. The van der Waals surface area contributed by atoms with Gasteiger partial charge in [0.15, 0.2) is 0 Å². The van der Waals surface area contributed by atoms with Crippen LogP contribution in [0.3, 0.4) is 0 Å². The molecule has 4 rings (SSSR count). The Morgan fingerprint density at radius 2 is 1.74 bits per heavy atom. The third-order valence-electron chi connectivity index (χ3n) is 5.66. The lowest BCUT2D eigenvalue weighted by Crippen LogP contribution is -2.32. The van der Waals surface area contributed by atoms with E-state index < -0.39 is 6.09 Å². The number of nitrogens with zero attached hydrogens (tertiary/aromatic N) is 1. The minimum absolute atomic E-state index is 0.178. The van der Waals surface area contributed by atoms with E-state index in [-0.39, 0.29) is 12.2 Å². The molecule has 0 unspecified atom stereocenters. The first-order valence-electron chi connectivity index (χ1n) is 11.6. The molecule has 5 nitrogen and oxygen atoms in total. The number of ether oxygens (including phenoxy) is 3. The Kier molecular flexibility index (Phi) is 6.92. The van der Waals surface area contributed by atoms with Gasteiger partial charge in [0.2, 0.25) is 0 Å². The summed E-state index contributed by atoms with van der Waals surface area (Å²) in [6.07, 6.45) is 3.68. The molecule has 0 atom stereocenters. The lowest BCUT2D eigenvalue weighted by Gasteiger charge is -2.30. The second kappa shape index (κ2) is 10.0. The van der Waals surface area contributed by atoms with Crippen LogP contribution in [0.5, 0.6) is 11.5 Å². The maximum absolute atomic E-state index is 13.3. The van der Waals surface area contributed by atoms with Crippen molar-refractivity contribution in [1.29, 1.82) is 0 Å². The topological polar surface area (TPSA) is 48.0 Å². The molecule has 1 aliphatic rings. The summed E-state index contributed by atoms with van der Waals surface area (Å²) in [7, 11) is 0. The number of carbonyl (C=O) groups excluding carboxylic acids is 1. The number of hydrogen-bond donors (Lipinski definition) is 0. The number of fused-ring (bicyclic) bond motifs is 1. The van der Waals surface area contributed by atoms with E-state index in [4.69, 9.17) is 14.2 Å². The molecule has 0 spiro atoms. The van der Waals surface area contributed by atoms with Gasteiger partial charge in [0.1, 0.15) is 23.7 Å². The first-order chi connectivity index (χ1) is 16.3. The van der Waals surface area contributed by atoms with Crippen LogP contribution in [0, 0.1) is 6.92 Å². The highest BCUT2D eigenvalue weighted by atomic mass is 16.6. The highest BCUT2D eigenvalue weighted by molar-refractivity contribution is 5.89. The molecule has 1 heterocycles. The monoisotopic (exact) mass is 457 g/mol. The average Bonchev–Trinajstić information content (AvgIpc) is 2.82. The van der Waals surface area contributed by atoms with Crippen LogP contribution in [-0.2, 0) is 17.9 Å². The second-order valence-corrected chi connectivity index (χ2v) is 8.92. The fourth-order valence-corrected chi connectivity index (χ4v) is 3.89. The van der Waals surface area contributed by atoms with Crippen molar-refractivity contribution in [2.24, 2.45) is 0 Å². The summed E-state index contributed by atoms with van der Waals surface area (Å²) in [4.78, 5) is 15.0. The summed E-state index contributed by atoms with van der Waals surface area (Å²) in [5.41, 5.74) is 4.24. The van der Waals surface area contributed by atoms with Gasteiger partial charge in [0, 0.05) is 5.56 Å². The Morgan fingerprint density at radius 3 is 2.44 bits per heavy atom. The van der Waals surface area contributed by atoms with E-state index in [1.54, 1.807) is 4.90 Å². The van der Waals surface area contributed by atoms with Gasteiger partial charge >= 0.3 is 6.09 Å². The Bertz CT molecular complexity index is 1170. The van der Waals surface area contributed by atoms with Crippen LogP contribution in [0.1, 0.15) is 43.0 Å². The van der Waals surface area contributed by atoms with Crippen molar-refractivity contribution in [3.05, 3.63) is 95.1 Å². The van der Waals surface area contributed by atoms with Gasteiger partial charge in [-0.3, -0.25) is 4.90 Å². The van der Waals surface area contributed by atoms with Crippen LogP contribution in [0.15, 0.2) is 72.8 Å². The smallest absolute Gasteiger partial charge is 0.414 e. The molecule has 3 aromatic rings. The molecular weight excluding hydrogens is 426 g/mol. The molecule has 0 aromatic heterocycles. The Hall–Kier alpha value is -3.73. The molecule has 0 fully saturated rings. The lowest BCUT2D eigenvalue weighted by atomic mass is 10.00. The largest absolute Gasteiger partial charge is 0.494 e. The first-order valence-corrected chi connectivity index (χ1v) is 11.6. The highest BCUT2D eigenvalue weighted by Crippen LogP contribution is 2.36. The maximum Gasteiger partial charge on any atom is 0.414 e. The molecule has 0 radical (unpaired) electrons. The molecule has 0 saturated carbocycles. The van der Waals surface area contributed by atoms with Crippen molar-refractivity contribution in [3.63, 3.8) is 0 Å². The second-order valence-electron chi connectivity index (χ2n) is 8.92. The number of anilines is 1. The number of carbonyl (C=O) groups is 1. The average molecular weight is 458 g/mol. The van der Waals surface area contributed by atoms with Gasteiger partial charge in [0.05, 0.1) is 18.8 Å². The van der Waals surface area contributed by atoms with Gasteiger partial charge in [-0.05, 0) is 74.7 Å². The molecule has 0 saturated heterocycles. The van der Waals surface area contributed by atoms with Crippen molar-refractivity contribution in [3.8, 4) is 11.5 Å². The van der Waals surface area contributed by atoms with Crippen LogP contribution < -0.4 is 14.4 Å². The summed E-state index contributed by atoms with van der Waals surface area (Å²) < 4.78 is 17.3. The van der Waals surface area contributed by atoms with Gasteiger partial charge in [-0.15, -0.1) is 0 Å². The van der Waals surface area contributed by atoms with Crippen LogP contribution in [0.2, 0.25) is 0 Å². The summed E-state index contributed by atoms with van der Waals surface area (Å²) in [5, 5.41) is 0. The zero-order valence-corrected chi connectivity index (χ0v) is 20.2. The quantitative estimate of drug-likeness (QED) is 0.386. The van der Waals surface area contributed by atoms with E-state index in [9.17, 15) is 4.79 Å². The summed E-state index contributed by atoms with van der Waals surface area (Å²) in [6, 6.07) is 21.5. The van der Waals surface area contributed by atoms with Crippen LogP contribution in [0.4, 0.5) is 10.5 Å². The minimum atomic E-state index is -0.401. The molecule has 0 bridgehead atoms. The number of amides is 1. The molecule has 1 aliphatic heterocycles. The van der Waals surface area contributed by atoms with Gasteiger partial charge < -0.3 is 14.2 Å². The van der Waals surface area contributed by atoms with Crippen molar-refractivity contribution in [2.75, 3.05) is 11.5 Å². The van der Waals surface area contributed by atoms with Crippen molar-refractivity contribution in [1.82, 2.24) is 0 Å². The SMILES string of the molecule is CCOc1ccc(COC(=O)N(Cc2ccccc2)c2cc3c(cc2C)OC(C)(C)C=C3)cc1. The molecular formula is C29H31NO4. The number of rotatable bonds is 7. The Morgan fingerprint density at radius 1 is 1.00 bits per heavy atom. The number of aryl methyl sites for hydroxylation is 1. The van der Waals surface area contributed by atoms with Crippen LogP contribution in [-0.4, -0.2) is 18.3 Å². The standard InChI is InChI=1S/C29H31NO4/c1-5-32-25-13-11-23(12-14-25)20-33-28(31)30(19-22-9-7-6-8-10-22)26-18-24-15-16-29(3,4)34-27(24)17-21(26)2/h6-18H,5,19-20H2,1-4H3. The van der Waals surface area contributed by atoms with E-state index in [0.717, 1.165) is 39.4 Å². The Labute approximate surface area is 201 Å². The molecule has 5 heteroatoms. The molecule has 1 amide bonds. The van der Waals surface area contributed by atoms with E-state index in [0.29, 0.717) is 13.2 Å². The summed E-state index contributed by atoms with van der Waals surface area (Å²) in [6.45, 7) is 9.17. The van der Waals surface area contributed by atoms with Gasteiger partial charge in [0.25, 0.3) is 0 Å². The van der Waals surface area contributed by atoms with Crippen molar-refractivity contribution < 1.29 is 19.0 Å². The summed E-state index contributed by atoms with van der Waals surface area (Å²) in [5.74, 6) is 1.61. The molecule has 0 aliphatic carbocycles. The van der Waals surface area contributed by atoms with Crippen molar-refractivity contribution in [2.45, 2.75) is 46.4 Å². The zero-order valence-electron chi connectivity index (χ0n) is 20.2. The van der Waals surface area contributed by atoms with E-state index in [1.807, 2.05) is 107 Å². The zero-order chi connectivity index (χ0) is 24.1. The van der Waals surface area contributed by atoms with Gasteiger partial charge in [-0.25, -0.2) is 4.79 Å². The lowest BCUT2D eigenvalue weighted by molar-refractivity contribution is 0.146. The van der Waals surface area contributed by atoms with Crippen LogP contribution >= 0.6 is 0 Å². The predicted octanol–water partition coefficient (Wildman–Crippen LogP) is 6.92. The minimum Gasteiger partial charge on any atom is -0.494 e. The number of benzene rings is 3. The molecule has 176 valence electrons. The summed E-state index contributed by atoms with van der Waals surface area (Å²) >= 11 is 0. The van der Waals surface area contributed by atoms with Crippen molar-refractivity contribution >= 4 is 17.9 Å². The van der Waals surface area contributed by atoms with E-state index >= 15 is 0 Å². The van der Waals surface area contributed by atoms with Gasteiger partial charge in [-0.2, -0.15) is 0 Å². The fourth-order valence-electron chi connectivity index (χ4n) is 3.89. The molecule has 3 aromatic carbocycles. The Balaban J connectivity index is 1.59. The first kappa shape index (κ1) is 23.4. The molecule has 0 N–H and O–H groups in total. The van der Waals surface area contributed by atoms with Gasteiger partial charge in [-0.1, -0.05) is 48.5 Å². The number of hydrogen-bond acceptors (Lipinski definition) is 4. The highest BCUT2D eigenvalue weighted by Gasteiger charge is 2.26. The molecule has 34 heavy (non-hydrogen) atoms. The maximum atomic E-state index is 13.3. The van der Waals surface area contributed by atoms with Crippen LogP contribution in [0.25, 0.3) is 6.08 Å². The van der Waals surface area contributed by atoms with E-state index in [2.05, 4.69) is 0 Å². The predicted molar refractivity (Wildman–Crippen MR) is 135 cm³/mol. The third-order valence-corrected chi connectivity index (χ3v) is 5.66.